The molecule has 1 heterocycles. The summed E-state index contributed by atoms with van der Waals surface area (Å²) in [5.74, 6) is 0.0827. The number of ether oxygens (including phenoxy) is 1. The van der Waals surface area contributed by atoms with Crippen LogP contribution in [0.25, 0.3) is 0 Å². The van der Waals surface area contributed by atoms with Crippen molar-refractivity contribution in [2.24, 2.45) is 0 Å². The average molecular weight is 297 g/mol. The van der Waals surface area contributed by atoms with Gasteiger partial charge in [-0.25, -0.2) is 4.79 Å². The van der Waals surface area contributed by atoms with E-state index < -0.39 is 5.97 Å². The van der Waals surface area contributed by atoms with Gasteiger partial charge in [-0.1, -0.05) is 24.3 Å². The third kappa shape index (κ3) is 2.70. The van der Waals surface area contributed by atoms with Crippen LogP contribution in [-0.2, 0) is 6.54 Å². The number of carboxylic acids is 1. The average Bonchev–Trinajstić information content (AvgIpc) is 2.93. The van der Waals surface area contributed by atoms with Gasteiger partial charge in [0.15, 0.2) is 0 Å². The number of aryl methyl sites for hydroxylation is 1. The molecule has 4 heteroatoms. The number of nitrogens with one attached hydrogen (secondary N) is 1. The lowest BCUT2D eigenvalue weighted by atomic mass is 10.0. The number of fused-ring (bicyclic) bond motifs is 1. The molecule has 0 amide bonds. The molecule has 0 spiro atoms. The highest BCUT2D eigenvalue weighted by molar-refractivity contribution is 5.87. The molecule has 0 bridgehead atoms. The summed E-state index contributed by atoms with van der Waals surface area (Å²) in [5, 5.41) is 12.5. The molecule has 0 fully saturated rings. The van der Waals surface area contributed by atoms with Crippen LogP contribution >= 0.6 is 0 Å². The van der Waals surface area contributed by atoms with Gasteiger partial charge in [0.25, 0.3) is 0 Å². The van der Waals surface area contributed by atoms with Crippen LogP contribution in [0.4, 0.5) is 0 Å². The van der Waals surface area contributed by atoms with Gasteiger partial charge in [-0.05, 0) is 42.7 Å². The fourth-order valence-corrected chi connectivity index (χ4v) is 2.76. The molecular weight excluding hydrogens is 278 g/mol. The maximum atomic E-state index is 11.0. The van der Waals surface area contributed by atoms with Crippen molar-refractivity contribution in [2.75, 3.05) is 6.61 Å². The highest BCUT2D eigenvalue weighted by Gasteiger charge is 2.25. The molecule has 0 saturated heterocycles. The minimum Gasteiger partial charge on any atom is -0.491 e. The second-order valence-electron chi connectivity index (χ2n) is 5.68. The Morgan fingerprint density at radius 3 is 2.91 bits per heavy atom. The molecule has 2 aromatic rings. The van der Waals surface area contributed by atoms with E-state index in [1.54, 1.807) is 18.2 Å². The molecule has 0 radical (unpaired) electrons. The van der Waals surface area contributed by atoms with Gasteiger partial charge < -0.3 is 15.2 Å². The zero-order valence-corrected chi connectivity index (χ0v) is 12.7. The summed E-state index contributed by atoms with van der Waals surface area (Å²) in [6, 6.07) is 11.4. The van der Waals surface area contributed by atoms with E-state index in [1.807, 2.05) is 6.07 Å². The van der Waals surface area contributed by atoms with Gasteiger partial charge in [-0.15, -0.1) is 0 Å². The Balaban J connectivity index is 1.73. The molecule has 22 heavy (non-hydrogen) atoms. The fraction of sp³-hybridized carbons (Fsp3) is 0.278. The maximum absolute atomic E-state index is 11.0. The van der Waals surface area contributed by atoms with Crippen LogP contribution in [0.3, 0.4) is 0 Å². The molecule has 0 saturated carbocycles. The lowest BCUT2D eigenvalue weighted by Gasteiger charge is -2.12. The van der Waals surface area contributed by atoms with Gasteiger partial charge >= 0.3 is 5.97 Å². The van der Waals surface area contributed by atoms with Crippen LogP contribution in [0.5, 0.6) is 5.75 Å². The largest absolute Gasteiger partial charge is 0.491 e. The zero-order chi connectivity index (χ0) is 15.7. The van der Waals surface area contributed by atoms with Gasteiger partial charge in [-0.2, -0.15) is 0 Å². The van der Waals surface area contributed by atoms with Crippen LogP contribution in [0, 0.1) is 13.8 Å². The molecule has 0 aromatic heterocycles. The third-order valence-corrected chi connectivity index (χ3v) is 4.20. The molecule has 114 valence electrons. The molecule has 1 atom stereocenters. The molecule has 2 aromatic carbocycles. The summed E-state index contributed by atoms with van der Waals surface area (Å²) in [6.45, 7) is 5.38. The van der Waals surface area contributed by atoms with Crippen molar-refractivity contribution < 1.29 is 14.6 Å². The Hall–Kier alpha value is -2.33. The van der Waals surface area contributed by atoms with Crippen LogP contribution in [0.15, 0.2) is 36.4 Å². The first-order valence-corrected chi connectivity index (χ1v) is 7.35. The maximum Gasteiger partial charge on any atom is 0.335 e. The Kier molecular flexibility index (Phi) is 3.86. The Bertz CT molecular complexity index is 724. The summed E-state index contributed by atoms with van der Waals surface area (Å²) in [7, 11) is 0. The van der Waals surface area contributed by atoms with Crippen molar-refractivity contribution in [3.63, 3.8) is 0 Å². The van der Waals surface area contributed by atoms with Crippen molar-refractivity contribution in [3.05, 3.63) is 64.2 Å². The van der Waals surface area contributed by atoms with Crippen molar-refractivity contribution in [3.8, 4) is 5.75 Å². The molecule has 4 nitrogen and oxygen atoms in total. The van der Waals surface area contributed by atoms with E-state index >= 15 is 0 Å². The summed E-state index contributed by atoms with van der Waals surface area (Å²) < 4.78 is 5.82. The molecule has 2 N–H and O–H groups in total. The highest BCUT2D eigenvalue weighted by atomic mass is 16.5. The van der Waals surface area contributed by atoms with Gasteiger partial charge in [0.1, 0.15) is 12.4 Å². The van der Waals surface area contributed by atoms with E-state index in [9.17, 15) is 4.79 Å². The lowest BCUT2D eigenvalue weighted by Crippen LogP contribution is -2.22. The minimum atomic E-state index is -0.900. The second kappa shape index (κ2) is 5.81. The van der Waals surface area contributed by atoms with Crippen LogP contribution in [-0.4, -0.2) is 17.7 Å². The van der Waals surface area contributed by atoms with Crippen molar-refractivity contribution in [1.82, 2.24) is 5.32 Å². The van der Waals surface area contributed by atoms with Crippen LogP contribution in [0.1, 0.15) is 38.7 Å². The number of aromatic carboxylic acids is 1. The van der Waals surface area contributed by atoms with Gasteiger partial charge in [-0.3, -0.25) is 0 Å². The topological polar surface area (TPSA) is 58.6 Å². The molecule has 3 rings (SSSR count). The quantitative estimate of drug-likeness (QED) is 0.909. The summed E-state index contributed by atoms with van der Waals surface area (Å²) in [4.78, 5) is 11.0. The van der Waals surface area contributed by atoms with Gasteiger partial charge in [0.05, 0.1) is 11.6 Å². The highest BCUT2D eigenvalue weighted by Crippen LogP contribution is 2.36. The molecule has 1 unspecified atom stereocenters. The summed E-state index contributed by atoms with van der Waals surface area (Å²) in [6.07, 6.45) is 0. The number of hydrogen-bond acceptors (Lipinski definition) is 3. The van der Waals surface area contributed by atoms with E-state index in [0.717, 1.165) is 11.3 Å². The standard InChI is InChI=1S/C18H19NO3/c1-11-6-7-15-16(10-22-17(15)12(11)2)19-9-13-4-3-5-14(8-13)18(20)21/h3-8,16,19H,9-10H2,1-2H3,(H,20,21). The minimum absolute atomic E-state index is 0.141. The van der Waals surface area contributed by atoms with E-state index in [-0.39, 0.29) is 6.04 Å². The fourth-order valence-electron chi connectivity index (χ4n) is 2.76. The monoisotopic (exact) mass is 297 g/mol. The van der Waals surface area contributed by atoms with Crippen molar-refractivity contribution in [2.45, 2.75) is 26.4 Å². The van der Waals surface area contributed by atoms with Gasteiger partial charge in [0, 0.05) is 12.1 Å². The second-order valence-corrected chi connectivity index (χ2v) is 5.68. The van der Waals surface area contributed by atoms with E-state index in [0.29, 0.717) is 18.7 Å². The zero-order valence-electron chi connectivity index (χ0n) is 12.7. The van der Waals surface area contributed by atoms with Gasteiger partial charge in [0.2, 0.25) is 0 Å². The predicted octanol–water partition coefficient (Wildman–Crippen LogP) is 3.22. The number of carbonyl (C=O) groups is 1. The Morgan fingerprint density at radius 1 is 1.32 bits per heavy atom. The Labute approximate surface area is 129 Å². The molecule has 0 aliphatic carbocycles. The number of hydrogen-bond donors (Lipinski definition) is 2. The predicted molar refractivity (Wildman–Crippen MR) is 84.4 cm³/mol. The first-order chi connectivity index (χ1) is 10.6. The molecule has 1 aliphatic rings. The first kappa shape index (κ1) is 14.6. The normalized spacial score (nSPS) is 16.2. The third-order valence-electron chi connectivity index (χ3n) is 4.20. The first-order valence-electron chi connectivity index (χ1n) is 7.35. The summed E-state index contributed by atoms with van der Waals surface area (Å²) >= 11 is 0. The van der Waals surface area contributed by atoms with E-state index in [1.165, 1.54) is 16.7 Å². The van der Waals surface area contributed by atoms with Crippen molar-refractivity contribution in [1.29, 1.82) is 0 Å². The molecular formula is C18H19NO3. The SMILES string of the molecule is Cc1ccc2c(c1C)OCC2NCc1cccc(C(=O)O)c1. The number of benzene rings is 2. The lowest BCUT2D eigenvalue weighted by molar-refractivity contribution is 0.0696. The molecule has 1 aliphatic heterocycles. The number of carboxylic acid groups (broad SMARTS) is 1. The van der Waals surface area contributed by atoms with Crippen molar-refractivity contribution >= 4 is 5.97 Å². The van der Waals surface area contributed by atoms with E-state index in [2.05, 4.69) is 31.3 Å². The van der Waals surface area contributed by atoms with Crippen LogP contribution < -0.4 is 10.1 Å². The smallest absolute Gasteiger partial charge is 0.335 e. The summed E-state index contributed by atoms with van der Waals surface area (Å²) in [5.41, 5.74) is 4.87. The Morgan fingerprint density at radius 2 is 2.14 bits per heavy atom. The van der Waals surface area contributed by atoms with E-state index in [4.69, 9.17) is 9.84 Å². The van der Waals surface area contributed by atoms with Crippen LogP contribution in [0.2, 0.25) is 0 Å². The number of rotatable bonds is 4.